The van der Waals surface area contributed by atoms with E-state index in [-0.39, 0.29) is 0 Å². The highest BCUT2D eigenvalue weighted by Crippen LogP contribution is 2.70. The Morgan fingerprint density at radius 3 is 1.62 bits per heavy atom. The molecule has 0 saturated carbocycles. The fourth-order valence-electron chi connectivity index (χ4n) is 2.74. The van der Waals surface area contributed by atoms with Crippen molar-refractivity contribution in [2.24, 2.45) is 0 Å². The number of alkyl halides is 2. The number of aryl methyl sites for hydroxylation is 1. The molecule has 8 heteroatoms. The van der Waals surface area contributed by atoms with Crippen molar-refractivity contribution >= 4 is 20.4 Å². The van der Waals surface area contributed by atoms with E-state index in [0.29, 0.717) is 14.7 Å². The monoisotopic (exact) mass is 438 g/mol. The first-order chi connectivity index (χ1) is 13.7. The second-order valence-corrected chi connectivity index (χ2v) is 10.9. The zero-order valence-corrected chi connectivity index (χ0v) is 17.2. The summed E-state index contributed by atoms with van der Waals surface area (Å²) in [6.45, 7) is -0.00826. The van der Waals surface area contributed by atoms with Crippen LogP contribution in [-0.2, 0) is 13.7 Å². The Kier molecular flexibility index (Phi) is 6.09. The van der Waals surface area contributed by atoms with E-state index in [2.05, 4.69) is 0 Å². The third-order valence-electron chi connectivity index (χ3n) is 4.24. The highest BCUT2D eigenvalue weighted by Gasteiger charge is 2.51. The van der Waals surface area contributed by atoms with Gasteiger partial charge in [0.25, 0.3) is 0 Å². The van der Waals surface area contributed by atoms with Gasteiger partial charge in [0.15, 0.2) is 0 Å². The van der Waals surface area contributed by atoms with Gasteiger partial charge in [-0.1, -0.05) is 54.1 Å². The van der Waals surface area contributed by atoms with Crippen LogP contribution in [0.25, 0.3) is 0 Å². The molecular weight excluding hydrogens is 418 g/mol. The molecule has 4 nitrogen and oxygen atoms in total. The normalized spacial score (nSPS) is 13.2. The zero-order chi connectivity index (χ0) is 21.1. The van der Waals surface area contributed by atoms with E-state index in [1.807, 2.05) is 6.92 Å². The van der Waals surface area contributed by atoms with Gasteiger partial charge in [0.1, 0.15) is 6.61 Å². The molecule has 3 rings (SSSR count). The maximum absolute atomic E-state index is 14.1. The van der Waals surface area contributed by atoms with E-state index in [1.165, 1.54) is 0 Å². The van der Waals surface area contributed by atoms with Crippen molar-refractivity contribution in [2.45, 2.75) is 26.9 Å². The molecule has 0 aliphatic carbocycles. The SMILES string of the molecule is Cc1ccc(S(OS(=O)(=O)C(F)(F)CO)(c2ccccc2)c2ccccc2)cc1. The van der Waals surface area contributed by atoms with Gasteiger partial charge >= 0.3 is 15.4 Å². The molecule has 0 saturated heterocycles. The van der Waals surface area contributed by atoms with Crippen molar-refractivity contribution in [3.8, 4) is 0 Å². The summed E-state index contributed by atoms with van der Waals surface area (Å²) < 4.78 is 58.8. The molecule has 0 radical (unpaired) electrons. The maximum Gasteiger partial charge on any atom is 0.393 e. The van der Waals surface area contributed by atoms with Gasteiger partial charge in [0.2, 0.25) is 0 Å². The molecule has 154 valence electrons. The fraction of sp³-hybridized carbons (Fsp3) is 0.143. The lowest BCUT2D eigenvalue weighted by atomic mass is 10.2. The number of halogens is 2. The van der Waals surface area contributed by atoms with Crippen LogP contribution in [-0.4, -0.2) is 25.4 Å². The first kappa shape index (κ1) is 21.4. The number of aliphatic hydroxyl groups excluding tert-OH is 1. The first-order valence-corrected chi connectivity index (χ1v) is 11.6. The molecule has 0 aromatic heterocycles. The largest absolute Gasteiger partial charge is 0.393 e. The molecule has 3 aromatic rings. The Balaban J connectivity index is 2.36. The quantitative estimate of drug-likeness (QED) is 0.556. The lowest BCUT2D eigenvalue weighted by molar-refractivity contribution is 0.0202. The zero-order valence-electron chi connectivity index (χ0n) is 15.5. The van der Waals surface area contributed by atoms with Crippen molar-refractivity contribution in [2.75, 3.05) is 6.61 Å². The summed E-state index contributed by atoms with van der Waals surface area (Å²) in [7, 11) is -8.55. The highest BCUT2D eigenvalue weighted by atomic mass is 32.3. The van der Waals surface area contributed by atoms with Gasteiger partial charge in [-0.3, -0.25) is 0 Å². The number of aliphatic hydroxyl groups is 1. The molecule has 0 unspecified atom stereocenters. The number of hydrogen-bond donors (Lipinski definition) is 1. The predicted molar refractivity (Wildman–Crippen MR) is 108 cm³/mol. The van der Waals surface area contributed by atoms with Crippen molar-refractivity contribution in [3.63, 3.8) is 0 Å². The average Bonchev–Trinajstić information content (AvgIpc) is 2.74. The molecular formula is C21H20F2O4S2. The molecule has 0 spiro atoms. The van der Waals surface area contributed by atoms with Gasteiger partial charge < -0.3 is 5.11 Å². The van der Waals surface area contributed by atoms with Gasteiger partial charge in [-0.05, 0) is 53.6 Å². The van der Waals surface area contributed by atoms with Crippen LogP contribution in [0.15, 0.2) is 99.6 Å². The topological polar surface area (TPSA) is 63.6 Å². The second-order valence-electron chi connectivity index (χ2n) is 6.31. The van der Waals surface area contributed by atoms with Crippen molar-refractivity contribution in [1.29, 1.82) is 0 Å². The van der Waals surface area contributed by atoms with Gasteiger partial charge in [0, 0.05) is 14.7 Å². The standard InChI is InChI=1S/C21H20F2O4S2/c1-17-12-14-20(15-13-17)28(18-8-4-2-5-9-18,19-10-6-3-7-11-19)27-29(25,26)21(22,23)16-24/h2-15,24H,16H2,1H3. The van der Waals surface area contributed by atoms with Crippen LogP contribution in [0.4, 0.5) is 8.78 Å². The van der Waals surface area contributed by atoms with E-state index in [4.69, 9.17) is 8.74 Å². The average molecular weight is 439 g/mol. The lowest BCUT2D eigenvalue weighted by Crippen LogP contribution is -2.35. The minimum atomic E-state index is -5.47. The Morgan fingerprint density at radius 2 is 1.21 bits per heavy atom. The van der Waals surface area contributed by atoms with Crippen LogP contribution >= 0.6 is 10.3 Å². The smallest absolute Gasteiger partial charge is 0.389 e. The molecule has 1 N–H and O–H groups in total. The summed E-state index contributed by atoms with van der Waals surface area (Å²) in [5, 5.41) is 4.53. The molecule has 0 atom stereocenters. The second kappa shape index (κ2) is 8.23. The Bertz CT molecular complexity index is 1020. The highest BCUT2D eigenvalue weighted by molar-refractivity contribution is 8.33. The van der Waals surface area contributed by atoms with Crippen molar-refractivity contribution in [1.82, 2.24) is 0 Å². The summed E-state index contributed by atoms with van der Waals surface area (Å²) in [6, 6.07) is 23.7. The molecule has 0 bridgehead atoms. The van der Waals surface area contributed by atoms with E-state index in [9.17, 15) is 17.2 Å². The maximum atomic E-state index is 14.1. The molecule has 0 aliphatic heterocycles. The molecule has 0 fully saturated rings. The third-order valence-corrected chi connectivity index (χ3v) is 9.45. The summed E-state index contributed by atoms with van der Waals surface area (Å²) in [5.74, 6) is 0. The molecule has 0 amide bonds. The van der Waals surface area contributed by atoms with Crippen LogP contribution in [0.3, 0.4) is 0 Å². The van der Waals surface area contributed by atoms with Gasteiger partial charge in [-0.25, -0.2) is 3.63 Å². The van der Waals surface area contributed by atoms with Crippen LogP contribution in [0, 0.1) is 6.92 Å². The fourth-order valence-corrected chi connectivity index (χ4v) is 7.73. The van der Waals surface area contributed by atoms with Gasteiger partial charge in [-0.15, -0.1) is 0 Å². The molecule has 29 heavy (non-hydrogen) atoms. The van der Waals surface area contributed by atoms with E-state index in [1.54, 1.807) is 84.9 Å². The molecule has 3 aromatic carbocycles. The minimum absolute atomic E-state index is 0.437. The van der Waals surface area contributed by atoms with Crippen LogP contribution in [0.2, 0.25) is 0 Å². The predicted octanol–water partition coefficient (Wildman–Crippen LogP) is 5.12. The van der Waals surface area contributed by atoms with Crippen LogP contribution in [0.5, 0.6) is 0 Å². The van der Waals surface area contributed by atoms with Gasteiger partial charge in [0.05, 0.1) is 0 Å². The van der Waals surface area contributed by atoms with Crippen LogP contribution < -0.4 is 0 Å². The van der Waals surface area contributed by atoms with E-state index in [0.717, 1.165) is 5.56 Å². The van der Waals surface area contributed by atoms with Crippen molar-refractivity contribution in [3.05, 3.63) is 90.5 Å². The Morgan fingerprint density at radius 1 is 0.793 bits per heavy atom. The summed E-state index contributed by atoms with van der Waals surface area (Å²) in [4.78, 5) is 1.32. The van der Waals surface area contributed by atoms with Crippen LogP contribution in [0.1, 0.15) is 5.56 Å². The third kappa shape index (κ3) is 4.06. The number of rotatable bonds is 7. The summed E-state index contributed by atoms with van der Waals surface area (Å²) >= 11 is 0. The Labute approximate surface area is 170 Å². The number of benzene rings is 3. The minimum Gasteiger partial charge on any atom is -0.389 e. The van der Waals surface area contributed by atoms with Gasteiger partial charge in [-0.2, -0.15) is 17.2 Å². The molecule has 0 aliphatic rings. The Hall–Kier alpha value is -2.26. The number of hydrogen-bond acceptors (Lipinski definition) is 4. The molecule has 0 heterocycles. The summed E-state index contributed by atoms with van der Waals surface area (Å²) in [5.41, 5.74) is 0.923. The first-order valence-electron chi connectivity index (χ1n) is 8.67. The van der Waals surface area contributed by atoms with Crippen molar-refractivity contribution < 1.29 is 25.9 Å². The van der Waals surface area contributed by atoms with E-state index >= 15 is 0 Å². The summed E-state index contributed by atoms with van der Waals surface area (Å²) in [6.07, 6.45) is 0. The van der Waals surface area contributed by atoms with E-state index < -0.39 is 32.3 Å². The lowest BCUT2D eigenvalue weighted by Gasteiger charge is -2.40.